The van der Waals surface area contributed by atoms with Gasteiger partial charge in [-0.25, -0.2) is 0 Å². The lowest BCUT2D eigenvalue weighted by molar-refractivity contribution is 0.175. The number of aryl methyl sites for hydroxylation is 1. The third-order valence-electron chi connectivity index (χ3n) is 3.22. The molecule has 0 aliphatic carbocycles. The maximum Gasteiger partial charge on any atom is 0.0492 e. The summed E-state index contributed by atoms with van der Waals surface area (Å²) in [4.78, 5) is 2.55. The molecule has 0 bridgehead atoms. The highest BCUT2D eigenvalue weighted by Gasteiger charge is 2.17. The molecular weight excluding hydrogens is 188 g/mol. The van der Waals surface area contributed by atoms with Gasteiger partial charge in [0.1, 0.15) is 0 Å². The number of hydrogen-bond acceptors (Lipinski definition) is 3. The van der Waals surface area contributed by atoms with Gasteiger partial charge in [0, 0.05) is 57.6 Å². The fourth-order valence-electron chi connectivity index (χ4n) is 2.12. The van der Waals surface area contributed by atoms with Gasteiger partial charge >= 0.3 is 0 Å². The Bertz CT molecular complexity index is 307. The predicted molar refractivity (Wildman–Crippen MR) is 60.8 cm³/mol. The largest absolute Gasteiger partial charge is 0.314 e. The molecule has 0 aromatic carbocycles. The molecule has 4 nitrogen and oxygen atoms in total. The van der Waals surface area contributed by atoms with E-state index in [-0.39, 0.29) is 0 Å². The highest BCUT2D eigenvalue weighted by atomic mass is 15.3. The van der Waals surface area contributed by atoms with Gasteiger partial charge in [0.2, 0.25) is 0 Å². The van der Waals surface area contributed by atoms with Crippen molar-refractivity contribution in [2.75, 3.05) is 26.2 Å². The van der Waals surface area contributed by atoms with Crippen molar-refractivity contribution in [1.82, 2.24) is 20.0 Å². The van der Waals surface area contributed by atoms with Gasteiger partial charge in [-0.1, -0.05) is 0 Å². The first-order valence-electron chi connectivity index (χ1n) is 5.69. The van der Waals surface area contributed by atoms with Crippen LogP contribution >= 0.6 is 0 Å². The first-order chi connectivity index (χ1) is 7.27. The van der Waals surface area contributed by atoms with Crippen LogP contribution < -0.4 is 5.32 Å². The lowest BCUT2D eigenvalue weighted by atomic mass is 10.2. The zero-order chi connectivity index (χ0) is 10.7. The predicted octanol–water partition coefficient (Wildman–Crippen LogP) is 0.256. The molecule has 2 rings (SSSR count). The molecule has 1 unspecified atom stereocenters. The summed E-state index contributed by atoms with van der Waals surface area (Å²) in [6, 6.07) is 2.76. The molecule has 1 aromatic heterocycles. The Kier molecular flexibility index (Phi) is 3.38. The minimum atomic E-state index is 0.659. The van der Waals surface area contributed by atoms with E-state index in [1.807, 2.05) is 17.9 Å². The number of hydrogen-bond donors (Lipinski definition) is 1. The van der Waals surface area contributed by atoms with Crippen LogP contribution in [0.5, 0.6) is 0 Å². The van der Waals surface area contributed by atoms with Gasteiger partial charge in [0.25, 0.3) is 0 Å². The standard InChI is InChI=1S/C11H20N4/c1-10-9-12-6-8-15(10)7-4-11-3-5-13-14(11)2/h3,5,10,12H,4,6-9H2,1-2H3. The first kappa shape index (κ1) is 10.6. The molecule has 1 aliphatic heterocycles. The van der Waals surface area contributed by atoms with E-state index in [9.17, 15) is 0 Å². The van der Waals surface area contributed by atoms with Crippen molar-refractivity contribution in [1.29, 1.82) is 0 Å². The number of nitrogens with one attached hydrogen (secondary N) is 1. The van der Waals surface area contributed by atoms with E-state index >= 15 is 0 Å². The van der Waals surface area contributed by atoms with Gasteiger partial charge in [0.05, 0.1) is 0 Å². The normalized spacial score (nSPS) is 23.2. The maximum atomic E-state index is 4.19. The van der Waals surface area contributed by atoms with Crippen molar-refractivity contribution in [2.45, 2.75) is 19.4 Å². The molecule has 84 valence electrons. The van der Waals surface area contributed by atoms with Crippen molar-refractivity contribution in [3.63, 3.8) is 0 Å². The molecule has 1 fully saturated rings. The summed E-state index contributed by atoms with van der Waals surface area (Å²) in [6.07, 6.45) is 2.97. The topological polar surface area (TPSA) is 33.1 Å². The fourth-order valence-corrected chi connectivity index (χ4v) is 2.12. The van der Waals surface area contributed by atoms with Gasteiger partial charge in [-0.3, -0.25) is 9.58 Å². The molecule has 0 amide bonds. The Morgan fingerprint density at radius 1 is 1.60 bits per heavy atom. The minimum absolute atomic E-state index is 0.659. The van der Waals surface area contributed by atoms with Crippen molar-refractivity contribution < 1.29 is 0 Å². The SMILES string of the molecule is CC1CNCCN1CCc1ccnn1C. The zero-order valence-electron chi connectivity index (χ0n) is 9.61. The molecule has 0 saturated carbocycles. The van der Waals surface area contributed by atoms with E-state index in [0.29, 0.717) is 6.04 Å². The lowest BCUT2D eigenvalue weighted by Crippen LogP contribution is -2.50. The highest BCUT2D eigenvalue weighted by molar-refractivity contribution is 5.00. The van der Waals surface area contributed by atoms with Gasteiger partial charge in [0.15, 0.2) is 0 Å². The van der Waals surface area contributed by atoms with E-state index in [1.54, 1.807) is 0 Å². The summed E-state index contributed by atoms with van der Waals surface area (Å²) in [5.41, 5.74) is 1.32. The van der Waals surface area contributed by atoms with E-state index < -0.39 is 0 Å². The Morgan fingerprint density at radius 3 is 3.13 bits per heavy atom. The van der Waals surface area contributed by atoms with Gasteiger partial charge in [-0.05, 0) is 13.0 Å². The van der Waals surface area contributed by atoms with Crippen LogP contribution in [-0.2, 0) is 13.5 Å². The zero-order valence-corrected chi connectivity index (χ0v) is 9.61. The first-order valence-corrected chi connectivity index (χ1v) is 5.69. The summed E-state index contributed by atoms with van der Waals surface area (Å²) in [5.74, 6) is 0. The molecule has 1 atom stereocenters. The summed E-state index contributed by atoms with van der Waals surface area (Å²) in [5, 5.41) is 7.60. The van der Waals surface area contributed by atoms with Crippen molar-refractivity contribution in [2.24, 2.45) is 7.05 Å². The third-order valence-corrected chi connectivity index (χ3v) is 3.22. The smallest absolute Gasteiger partial charge is 0.0492 e. The van der Waals surface area contributed by atoms with Gasteiger partial charge in [-0.2, -0.15) is 5.10 Å². The second-order valence-corrected chi connectivity index (χ2v) is 4.29. The molecule has 2 heterocycles. The number of aromatic nitrogens is 2. The Hall–Kier alpha value is -0.870. The molecule has 4 heteroatoms. The van der Waals surface area contributed by atoms with Crippen LogP contribution in [0.4, 0.5) is 0 Å². The third kappa shape index (κ3) is 2.58. The van der Waals surface area contributed by atoms with Gasteiger partial charge < -0.3 is 5.32 Å². The summed E-state index contributed by atoms with van der Waals surface area (Å²) in [7, 11) is 2.01. The monoisotopic (exact) mass is 208 g/mol. The van der Waals surface area contributed by atoms with E-state index in [0.717, 1.165) is 26.1 Å². The Morgan fingerprint density at radius 2 is 2.47 bits per heavy atom. The molecule has 0 radical (unpaired) electrons. The molecule has 1 N–H and O–H groups in total. The van der Waals surface area contributed by atoms with Crippen molar-refractivity contribution in [3.05, 3.63) is 18.0 Å². The summed E-state index contributed by atoms with van der Waals surface area (Å²) in [6.45, 7) is 6.83. The second kappa shape index (κ2) is 4.77. The molecule has 0 spiro atoms. The number of rotatable bonds is 3. The maximum absolute atomic E-state index is 4.19. The Balaban J connectivity index is 1.84. The van der Waals surface area contributed by atoms with Crippen LogP contribution in [0.15, 0.2) is 12.3 Å². The minimum Gasteiger partial charge on any atom is -0.314 e. The summed E-state index contributed by atoms with van der Waals surface area (Å²) >= 11 is 0. The number of piperazine rings is 1. The van der Waals surface area contributed by atoms with Crippen LogP contribution in [-0.4, -0.2) is 46.9 Å². The highest BCUT2D eigenvalue weighted by Crippen LogP contribution is 2.05. The molecule has 1 saturated heterocycles. The van der Waals surface area contributed by atoms with Crippen LogP contribution in [0, 0.1) is 0 Å². The van der Waals surface area contributed by atoms with E-state index in [1.165, 1.54) is 12.2 Å². The van der Waals surface area contributed by atoms with Crippen LogP contribution in [0.25, 0.3) is 0 Å². The van der Waals surface area contributed by atoms with Gasteiger partial charge in [-0.15, -0.1) is 0 Å². The average Bonchev–Trinajstić information content (AvgIpc) is 2.63. The lowest BCUT2D eigenvalue weighted by Gasteiger charge is -2.33. The molecule has 1 aromatic rings. The molecule has 1 aliphatic rings. The van der Waals surface area contributed by atoms with Crippen molar-refractivity contribution in [3.8, 4) is 0 Å². The second-order valence-electron chi connectivity index (χ2n) is 4.29. The quantitative estimate of drug-likeness (QED) is 0.773. The van der Waals surface area contributed by atoms with Crippen LogP contribution in [0.2, 0.25) is 0 Å². The molecule has 15 heavy (non-hydrogen) atoms. The summed E-state index contributed by atoms with van der Waals surface area (Å²) < 4.78 is 1.97. The fraction of sp³-hybridized carbons (Fsp3) is 0.727. The van der Waals surface area contributed by atoms with Crippen LogP contribution in [0.1, 0.15) is 12.6 Å². The number of nitrogens with zero attached hydrogens (tertiary/aromatic N) is 3. The Labute approximate surface area is 91.3 Å². The van der Waals surface area contributed by atoms with Crippen LogP contribution in [0.3, 0.4) is 0 Å². The van der Waals surface area contributed by atoms with E-state index in [4.69, 9.17) is 0 Å². The molecular formula is C11H20N4. The average molecular weight is 208 g/mol. The van der Waals surface area contributed by atoms with Crippen molar-refractivity contribution >= 4 is 0 Å². The van der Waals surface area contributed by atoms with E-state index in [2.05, 4.69) is 28.3 Å².